The molecule has 1 heterocycles. The summed E-state index contributed by atoms with van der Waals surface area (Å²) in [4.78, 5) is 35.2. The van der Waals surface area contributed by atoms with E-state index >= 15 is 0 Å². The van der Waals surface area contributed by atoms with Crippen molar-refractivity contribution in [2.45, 2.75) is 32.9 Å². The van der Waals surface area contributed by atoms with Crippen LogP contribution < -0.4 is 16.6 Å². The van der Waals surface area contributed by atoms with Crippen LogP contribution in [0.2, 0.25) is 0 Å². The van der Waals surface area contributed by atoms with E-state index in [4.69, 9.17) is 4.74 Å². The van der Waals surface area contributed by atoms with E-state index in [-0.39, 0.29) is 18.1 Å². The number of nitrogens with one attached hydrogen (secondary N) is 1. The Morgan fingerprint density at radius 2 is 1.90 bits per heavy atom. The second-order valence-electron chi connectivity index (χ2n) is 5.46. The van der Waals surface area contributed by atoms with Crippen LogP contribution in [0.25, 0.3) is 0 Å². The number of methoxy groups -OCH3 is 1. The summed E-state index contributed by atoms with van der Waals surface area (Å²) in [6, 6.07) is 0.923. The van der Waals surface area contributed by atoms with Gasteiger partial charge in [-0.05, 0) is 12.3 Å². The van der Waals surface area contributed by atoms with Crippen molar-refractivity contribution in [3.8, 4) is 0 Å². The van der Waals surface area contributed by atoms with Crippen LogP contribution >= 0.6 is 0 Å². The third-order valence-electron chi connectivity index (χ3n) is 3.35. The molecule has 7 heteroatoms. The van der Waals surface area contributed by atoms with Crippen LogP contribution in [-0.4, -0.2) is 28.3 Å². The van der Waals surface area contributed by atoms with Gasteiger partial charge in [-0.3, -0.25) is 24.0 Å². The van der Waals surface area contributed by atoms with Crippen molar-refractivity contribution >= 4 is 5.97 Å². The molecule has 1 unspecified atom stereocenters. The molecule has 0 aliphatic rings. The summed E-state index contributed by atoms with van der Waals surface area (Å²) >= 11 is 0. The summed E-state index contributed by atoms with van der Waals surface area (Å²) in [5.74, 6) is -0.0356. The lowest BCUT2D eigenvalue weighted by molar-refractivity contribution is -0.143. The first-order chi connectivity index (χ1) is 9.77. The molecule has 1 N–H and O–H groups in total. The van der Waals surface area contributed by atoms with E-state index in [1.54, 1.807) is 7.05 Å². The Hall–Kier alpha value is -1.89. The lowest BCUT2D eigenvalue weighted by atomic mass is 10.0. The number of hydrogen-bond donors (Lipinski definition) is 1. The maximum Gasteiger partial charge on any atom is 0.330 e. The van der Waals surface area contributed by atoms with Crippen molar-refractivity contribution in [1.29, 1.82) is 0 Å². The molecule has 1 atom stereocenters. The van der Waals surface area contributed by atoms with E-state index in [1.165, 1.54) is 24.8 Å². The van der Waals surface area contributed by atoms with E-state index in [0.29, 0.717) is 18.0 Å². The molecular formula is C14H23N3O4. The molecule has 1 rings (SSSR count). The van der Waals surface area contributed by atoms with Crippen LogP contribution in [0, 0.1) is 5.92 Å². The zero-order valence-corrected chi connectivity index (χ0v) is 13.2. The molecule has 118 valence electrons. The minimum absolute atomic E-state index is 0.244. The molecule has 0 saturated heterocycles. The van der Waals surface area contributed by atoms with Gasteiger partial charge in [0.2, 0.25) is 0 Å². The van der Waals surface area contributed by atoms with Gasteiger partial charge in [-0.1, -0.05) is 13.8 Å². The van der Waals surface area contributed by atoms with Gasteiger partial charge >= 0.3 is 11.7 Å². The molecule has 0 aliphatic carbocycles. The Kier molecular flexibility index (Phi) is 5.90. The van der Waals surface area contributed by atoms with E-state index in [1.807, 2.05) is 13.8 Å². The first-order valence-electron chi connectivity index (χ1n) is 6.85. The van der Waals surface area contributed by atoms with Crippen molar-refractivity contribution in [2.75, 3.05) is 7.11 Å². The molecule has 0 amide bonds. The molecule has 0 radical (unpaired) electrons. The summed E-state index contributed by atoms with van der Waals surface area (Å²) < 4.78 is 7.19. The van der Waals surface area contributed by atoms with E-state index in [0.717, 1.165) is 4.57 Å². The first kappa shape index (κ1) is 17.2. The Morgan fingerprint density at radius 3 is 2.43 bits per heavy atom. The molecule has 1 aromatic heterocycles. The largest absolute Gasteiger partial charge is 0.468 e. The number of esters is 1. The molecule has 0 bridgehead atoms. The first-order valence-corrected chi connectivity index (χ1v) is 6.85. The maximum atomic E-state index is 11.8. The van der Waals surface area contributed by atoms with Gasteiger partial charge in [-0.2, -0.15) is 0 Å². The fourth-order valence-corrected chi connectivity index (χ4v) is 2.05. The molecule has 21 heavy (non-hydrogen) atoms. The van der Waals surface area contributed by atoms with Crippen LogP contribution in [0.3, 0.4) is 0 Å². The Morgan fingerprint density at radius 1 is 1.29 bits per heavy atom. The van der Waals surface area contributed by atoms with E-state index in [9.17, 15) is 14.4 Å². The number of nitrogens with zero attached hydrogens (tertiary/aromatic N) is 2. The minimum Gasteiger partial charge on any atom is -0.468 e. The average Bonchev–Trinajstić information content (AvgIpc) is 2.44. The van der Waals surface area contributed by atoms with Crippen LogP contribution in [0.15, 0.2) is 15.7 Å². The predicted octanol–water partition coefficient (Wildman–Crippen LogP) is -0.239. The van der Waals surface area contributed by atoms with Gasteiger partial charge in [0.15, 0.2) is 0 Å². The summed E-state index contributed by atoms with van der Waals surface area (Å²) in [6.07, 6.45) is 0.617. The number of carbonyl (C=O) groups excluding carboxylic acids is 1. The second-order valence-corrected chi connectivity index (χ2v) is 5.46. The molecule has 0 spiro atoms. The van der Waals surface area contributed by atoms with E-state index < -0.39 is 11.7 Å². The van der Waals surface area contributed by atoms with Crippen molar-refractivity contribution in [3.63, 3.8) is 0 Å². The van der Waals surface area contributed by atoms with Crippen molar-refractivity contribution in [2.24, 2.45) is 20.0 Å². The second kappa shape index (κ2) is 7.21. The number of hydrogen-bond acceptors (Lipinski definition) is 5. The monoisotopic (exact) mass is 297 g/mol. The summed E-state index contributed by atoms with van der Waals surface area (Å²) in [7, 11) is 4.36. The van der Waals surface area contributed by atoms with Crippen LogP contribution in [-0.2, 0) is 30.2 Å². The molecule has 0 fully saturated rings. The number of ether oxygens (including phenoxy) is 1. The molecule has 0 aromatic carbocycles. The van der Waals surface area contributed by atoms with Crippen LogP contribution in [0.5, 0.6) is 0 Å². The predicted molar refractivity (Wildman–Crippen MR) is 79.0 cm³/mol. The van der Waals surface area contributed by atoms with Gasteiger partial charge in [0.25, 0.3) is 5.56 Å². The zero-order chi connectivity index (χ0) is 16.2. The highest BCUT2D eigenvalue weighted by atomic mass is 16.5. The molecule has 0 saturated carbocycles. The standard InChI is InChI=1S/C14H23N3O4/c1-9(2)6-11(13(19)21-5)15-8-10-7-12(18)17(4)14(20)16(10)3/h7,9,11,15H,6,8H2,1-5H3. The summed E-state index contributed by atoms with van der Waals surface area (Å²) in [5.41, 5.74) is -0.230. The molecule has 7 nitrogen and oxygen atoms in total. The number of aromatic nitrogens is 2. The molecule has 0 aliphatic heterocycles. The SMILES string of the molecule is COC(=O)C(CC(C)C)NCc1cc(=O)n(C)c(=O)n1C. The van der Waals surface area contributed by atoms with Crippen LogP contribution in [0.1, 0.15) is 26.0 Å². The third kappa shape index (κ3) is 4.29. The lowest BCUT2D eigenvalue weighted by Gasteiger charge is -2.19. The van der Waals surface area contributed by atoms with Gasteiger partial charge in [0.05, 0.1) is 7.11 Å². The zero-order valence-electron chi connectivity index (χ0n) is 13.2. The highest BCUT2D eigenvalue weighted by Gasteiger charge is 2.20. The summed E-state index contributed by atoms with van der Waals surface area (Å²) in [6.45, 7) is 4.26. The molecule has 1 aromatic rings. The fraction of sp³-hybridized carbons (Fsp3) is 0.643. The van der Waals surface area contributed by atoms with Gasteiger partial charge in [0, 0.05) is 32.4 Å². The normalized spacial score (nSPS) is 12.5. The van der Waals surface area contributed by atoms with Crippen LogP contribution in [0.4, 0.5) is 0 Å². The van der Waals surface area contributed by atoms with Gasteiger partial charge in [-0.15, -0.1) is 0 Å². The Balaban J connectivity index is 2.93. The smallest absolute Gasteiger partial charge is 0.330 e. The van der Waals surface area contributed by atoms with Gasteiger partial charge < -0.3 is 4.74 Å². The maximum absolute atomic E-state index is 11.8. The van der Waals surface area contributed by atoms with Gasteiger partial charge in [0.1, 0.15) is 6.04 Å². The number of rotatable bonds is 6. The van der Waals surface area contributed by atoms with Gasteiger partial charge in [-0.25, -0.2) is 4.79 Å². The van der Waals surface area contributed by atoms with Crippen molar-refractivity contribution < 1.29 is 9.53 Å². The lowest BCUT2D eigenvalue weighted by Crippen LogP contribution is -2.42. The Bertz CT molecular complexity index is 616. The Labute approximate surface area is 123 Å². The van der Waals surface area contributed by atoms with Crippen molar-refractivity contribution in [1.82, 2.24) is 14.5 Å². The average molecular weight is 297 g/mol. The van der Waals surface area contributed by atoms with Crippen molar-refractivity contribution in [3.05, 3.63) is 32.6 Å². The molecular weight excluding hydrogens is 274 g/mol. The summed E-state index contributed by atoms with van der Waals surface area (Å²) in [5, 5.41) is 3.05. The topological polar surface area (TPSA) is 82.3 Å². The fourth-order valence-electron chi connectivity index (χ4n) is 2.05. The minimum atomic E-state index is -0.464. The highest BCUT2D eigenvalue weighted by Crippen LogP contribution is 2.07. The van der Waals surface area contributed by atoms with E-state index in [2.05, 4.69) is 5.32 Å². The highest BCUT2D eigenvalue weighted by molar-refractivity contribution is 5.75. The number of carbonyl (C=O) groups is 1. The quantitative estimate of drug-likeness (QED) is 0.733. The third-order valence-corrected chi connectivity index (χ3v) is 3.35.